The molecule has 19 heavy (non-hydrogen) atoms. The summed E-state index contributed by atoms with van der Waals surface area (Å²) in [6.45, 7) is 4.59. The van der Waals surface area contributed by atoms with Crippen molar-refractivity contribution in [2.45, 2.75) is 13.8 Å². The molecular weight excluding hydrogens is 236 g/mol. The fraction of sp³-hybridized carbons (Fsp3) is 0.188. The zero-order valence-electron chi connectivity index (χ0n) is 11.1. The van der Waals surface area contributed by atoms with Crippen molar-refractivity contribution in [1.29, 1.82) is 5.26 Å². The highest BCUT2D eigenvalue weighted by Crippen LogP contribution is 2.23. The van der Waals surface area contributed by atoms with E-state index in [2.05, 4.69) is 11.4 Å². The maximum Gasteiger partial charge on any atom is 0.119 e. The van der Waals surface area contributed by atoms with E-state index in [0.29, 0.717) is 12.2 Å². The molecular formula is C16H16N2O. The lowest BCUT2D eigenvalue weighted by Gasteiger charge is -2.10. The summed E-state index contributed by atoms with van der Waals surface area (Å²) in [4.78, 5) is 0. The zero-order valence-corrected chi connectivity index (χ0v) is 11.1. The van der Waals surface area contributed by atoms with Crippen molar-refractivity contribution < 1.29 is 4.74 Å². The fourth-order valence-electron chi connectivity index (χ4n) is 1.82. The predicted molar refractivity (Wildman–Crippen MR) is 76.8 cm³/mol. The number of hydrogen-bond acceptors (Lipinski definition) is 3. The molecule has 3 nitrogen and oxygen atoms in total. The van der Waals surface area contributed by atoms with Crippen LogP contribution >= 0.6 is 0 Å². The highest BCUT2D eigenvalue weighted by atomic mass is 16.5. The number of nitriles is 1. The van der Waals surface area contributed by atoms with Gasteiger partial charge in [-0.1, -0.05) is 6.07 Å². The van der Waals surface area contributed by atoms with E-state index in [1.807, 2.05) is 56.3 Å². The van der Waals surface area contributed by atoms with Crippen molar-refractivity contribution in [1.82, 2.24) is 0 Å². The standard InChI is InChI=1S/C16H16N2O/c1-3-19-15-7-5-14(6-8-15)18-16-9-4-12(2)10-13(16)11-17/h4-10,18H,3H2,1-2H3. The summed E-state index contributed by atoms with van der Waals surface area (Å²) in [5, 5.41) is 12.4. The minimum absolute atomic E-state index is 0.647. The molecule has 0 aliphatic heterocycles. The van der Waals surface area contributed by atoms with Crippen molar-refractivity contribution in [3.05, 3.63) is 53.6 Å². The minimum Gasteiger partial charge on any atom is -0.494 e. The first-order valence-electron chi connectivity index (χ1n) is 6.23. The van der Waals surface area contributed by atoms with Crippen LogP contribution in [-0.4, -0.2) is 6.61 Å². The van der Waals surface area contributed by atoms with E-state index in [9.17, 15) is 0 Å². The van der Waals surface area contributed by atoms with Crippen LogP contribution in [0.5, 0.6) is 5.75 Å². The average molecular weight is 252 g/mol. The van der Waals surface area contributed by atoms with E-state index in [4.69, 9.17) is 10.00 Å². The molecule has 0 bridgehead atoms. The molecule has 0 unspecified atom stereocenters. The number of aryl methyl sites for hydroxylation is 1. The quantitative estimate of drug-likeness (QED) is 0.894. The molecule has 1 N–H and O–H groups in total. The number of benzene rings is 2. The van der Waals surface area contributed by atoms with Crippen LogP contribution in [-0.2, 0) is 0 Å². The van der Waals surface area contributed by atoms with Crippen LogP contribution in [0.1, 0.15) is 18.1 Å². The number of ether oxygens (including phenoxy) is 1. The van der Waals surface area contributed by atoms with Crippen LogP contribution in [0.25, 0.3) is 0 Å². The van der Waals surface area contributed by atoms with Gasteiger partial charge in [0.2, 0.25) is 0 Å². The van der Waals surface area contributed by atoms with Gasteiger partial charge in [0.1, 0.15) is 11.8 Å². The molecule has 0 saturated heterocycles. The summed E-state index contributed by atoms with van der Waals surface area (Å²) in [5.74, 6) is 0.845. The second-order valence-corrected chi connectivity index (χ2v) is 4.24. The van der Waals surface area contributed by atoms with Gasteiger partial charge in [0.25, 0.3) is 0 Å². The summed E-state index contributed by atoms with van der Waals surface area (Å²) < 4.78 is 5.39. The van der Waals surface area contributed by atoms with E-state index in [-0.39, 0.29) is 0 Å². The topological polar surface area (TPSA) is 45.0 Å². The Bertz CT molecular complexity index is 597. The summed E-state index contributed by atoms with van der Waals surface area (Å²) in [5.41, 5.74) is 3.48. The molecule has 2 rings (SSSR count). The van der Waals surface area contributed by atoms with Gasteiger partial charge in [-0.3, -0.25) is 0 Å². The molecule has 0 atom stereocenters. The summed E-state index contributed by atoms with van der Waals surface area (Å²) in [7, 11) is 0. The Morgan fingerprint density at radius 2 is 1.89 bits per heavy atom. The van der Waals surface area contributed by atoms with Crippen molar-refractivity contribution in [3.63, 3.8) is 0 Å². The maximum atomic E-state index is 9.12. The molecule has 2 aromatic carbocycles. The Labute approximate surface area is 113 Å². The molecule has 0 heterocycles. The molecule has 0 radical (unpaired) electrons. The van der Waals surface area contributed by atoms with E-state index in [1.165, 1.54) is 0 Å². The van der Waals surface area contributed by atoms with Crippen LogP contribution in [0.15, 0.2) is 42.5 Å². The lowest BCUT2D eigenvalue weighted by atomic mass is 10.1. The van der Waals surface area contributed by atoms with Crippen molar-refractivity contribution in [2.24, 2.45) is 0 Å². The summed E-state index contributed by atoms with van der Waals surface area (Å²) in [6.07, 6.45) is 0. The number of hydrogen-bond donors (Lipinski definition) is 1. The average Bonchev–Trinajstić information content (AvgIpc) is 2.43. The largest absolute Gasteiger partial charge is 0.494 e. The Hall–Kier alpha value is -2.47. The lowest BCUT2D eigenvalue weighted by Crippen LogP contribution is -1.95. The van der Waals surface area contributed by atoms with Crippen molar-refractivity contribution >= 4 is 11.4 Å². The fourth-order valence-corrected chi connectivity index (χ4v) is 1.82. The van der Waals surface area contributed by atoms with Gasteiger partial charge in [0.05, 0.1) is 17.9 Å². The Morgan fingerprint density at radius 1 is 1.16 bits per heavy atom. The van der Waals surface area contributed by atoms with Gasteiger partial charge >= 0.3 is 0 Å². The molecule has 0 saturated carbocycles. The predicted octanol–water partition coefficient (Wildman–Crippen LogP) is 4.01. The highest BCUT2D eigenvalue weighted by Gasteiger charge is 2.02. The Morgan fingerprint density at radius 3 is 2.53 bits per heavy atom. The van der Waals surface area contributed by atoms with Crippen molar-refractivity contribution in [3.8, 4) is 11.8 Å². The third-order valence-electron chi connectivity index (χ3n) is 2.74. The Kier molecular flexibility index (Phi) is 4.04. The summed E-state index contributed by atoms with van der Waals surface area (Å²) in [6, 6.07) is 15.7. The zero-order chi connectivity index (χ0) is 13.7. The maximum absolute atomic E-state index is 9.12. The number of rotatable bonds is 4. The van der Waals surface area contributed by atoms with E-state index < -0.39 is 0 Å². The van der Waals surface area contributed by atoms with Gasteiger partial charge in [-0.05, 0) is 55.8 Å². The van der Waals surface area contributed by atoms with Gasteiger partial charge < -0.3 is 10.1 Å². The normalized spacial score (nSPS) is 9.74. The van der Waals surface area contributed by atoms with Crippen LogP contribution in [0, 0.1) is 18.3 Å². The van der Waals surface area contributed by atoms with Crippen LogP contribution < -0.4 is 10.1 Å². The third kappa shape index (κ3) is 3.26. The van der Waals surface area contributed by atoms with Gasteiger partial charge in [-0.2, -0.15) is 5.26 Å². The first-order valence-corrected chi connectivity index (χ1v) is 6.23. The number of nitrogens with zero attached hydrogens (tertiary/aromatic N) is 1. The third-order valence-corrected chi connectivity index (χ3v) is 2.74. The van der Waals surface area contributed by atoms with Crippen LogP contribution in [0.3, 0.4) is 0 Å². The molecule has 0 amide bonds. The second kappa shape index (κ2) is 5.92. The van der Waals surface area contributed by atoms with Gasteiger partial charge in [0.15, 0.2) is 0 Å². The van der Waals surface area contributed by atoms with E-state index in [0.717, 1.165) is 22.7 Å². The number of anilines is 2. The molecule has 96 valence electrons. The number of nitrogens with one attached hydrogen (secondary N) is 1. The lowest BCUT2D eigenvalue weighted by molar-refractivity contribution is 0.340. The minimum atomic E-state index is 0.647. The van der Waals surface area contributed by atoms with E-state index >= 15 is 0 Å². The second-order valence-electron chi connectivity index (χ2n) is 4.24. The van der Waals surface area contributed by atoms with Gasteiger partial charge in [-0.15, -0.1) is 0 Å². The van der Waals surface area contributed by atoms with Gasteiger partial charge in [-0.25, -0.2) is 0 Å². The molecule has 0 aliphatic rings. The smallest absolute Gasteiger partial charge is 0.119 e. The van der Waals surface area contributed by atoms with E-state index in [1.54, 1.807) is 0 Å². The molecule has 0 spiro atoms. The highest BCUT2D eigenvalue weighted by molar-refractivity contribution is 5.67. The van der Waals surface area contributed by atoms with Gasteiger partial charge in [0, 0.05) is 5.69 Å². The SMILES string of the molecule is CCOc1ccc(Nc2ccc(C)cc2C#N)cc1. The van der Waals surface area contributed by atoms with Crippen LogP contribution in [0.4, 0.5) is 11.4 Å². The van der Waals surface area contributed by atoms with Crippen molar-refractivity contribution in [2.75, 3.05) is 11.9 Å². The Balaban J connectivity index is 2.19. The monoisotopic (exact) mass is 252 g/mol. The molecule has 3 heteroatoms. The molecule has 0 fully saturated rings. The first-order chi connectivity index (χ1) is 9.22. The molecule has 2 aromatic rings. The van der Waals surface area contributed by atoms with Crippen LogP contribution in [0.2, 0.25) is 0 Å². The summed E-state index contributed by atoms with van der Waals surface area (Å²) >= 11 is 0. The molecule has 0 aromatic heterocycles. The first kappa shape index (κ1) is 13.0. The molecule has 0 aliphatic carbocycles.